The second kappa shape index (κ2) is 7.27. The van der Waals surface area contributed by atoms with Crippen molar-refractivity contribution < 1.29 is 0 Å². The first-order valence-corrected chi connectivity index (χ1v) is 8.87. The van der Waals surface area contributed by atoms with Crippen LogP contribution in [-0.4, -0.2) is 39.9 Å². The quantitative estimate of drug-likeness (QED) is 0.533. The van der Waals surface area contributed by atoms with Crippen molar-refractivity contribution in [3.05, 3.63) is 0 Å². The van der Waals surface area contributed by atoms with E-state index in [1.807, 2.05) is 23.9 Å². The summed E-state index contributed by atoms with van der Waals surface area (Å²) in [6, 6.07) is 1.69. The minimum Gasteiger partial charge on any atom is -0.250 e. The standard InChI is InChI=1S/C13H26N2S2/c1-14(12-7-3-4-8-12)16-11-17-15(2)13-9-5-6-10-13/h12-13H,3-11H2,1-2H3. The summed E-state index contributed by atoms with van der Waals surface area (Å²) in [5.41, 5.74) is 0. The second-order valence-electron chi connectivity index (χ2n) is 5.34. The molecule has 0 atom stereocenters. The van der Waals surface area contributed by atoms with Crippen LogP contribution in [0.2, 0.25) is 0 Å². The maximum Gasteiger partial charge on any atom is 0.0687 e. The fourth-order valence-corrected chi connectivity index (χ4v) is 5.30. The molecule has 4 heteroatoms. The monoisotopic (exact) mass is 274 g/mol. The first-order valence-electron chi connectivity index (χ1n) is 6.99. The molecular weight excluding hydrogens is 248 g/mol. The van der Waals surface area contributed by atoms with E-state index in [1.54, 1.807) is 0 Å². The highest BCUT2D eigenvalue weighted by atomic mass is 32.2. The van der Waals surface area contributed by atoms with Gasteiger partial charge in [-0.15, -0.1) is 0 Å². The molecule has 0 radical (unpaired) electrons. The molecule has 0 aromatic heterocycles. The lowest BCUT2D eigenvalue weighted by Gasteiger charge is -2.26. The van der Waals surface area contributed by atoms with E-state index in [0.717, 1.165) is 12.1 Å². The van der Waals surface area contributed by atoms with Crippen molar-refractivity contribution in [2.24, 2.45) is 0 Å². The van der Waals surface area contributed by atoms with E-state index in [-0.39, 0.29) is 0 Å². The van der Waals surface area contributed by atoms with Crippen LogP contribution in [0.1, 0.15) is 51.4 Å². The SMILES string of the molecule is CN(SCSN(C)C1CCCC1)C1CCCC1. The van der Waals surface area contributed by atoms with Gasteiger partial charge in [-0.3, -0.25) is 0 Å². The molecule has 100 valence electrons. The molecule has 2 aliphatic carbocycles. The van der Waals surface area contributed by atoms with Crippen LogP contribution in [0, 0.1) is 0 Å². The fourth-order valence-electron chi connectivity index (χ4n) is 2.94. The molecule has 0 amide bonds. The largest absolute Gasteiger partial charge is 0.250 e. The van der Waals surface area contributed by atoms with Crippen LogP contribution in [0.5, 0.6) is 0 Å². The van der Waals surface area contributed by atoms with Gasteiger partial charge in [0.15, 0.2) is 0 Å². The van der Waals surface area contributed by atoms with Crippen LogP contribution in [0.4, 0.5) is 0 Å². The van der Waals surface area contributed by atoms with Gasteiger partial charge in [0.05, 0.1) is 5.08 Å². The summed E-state index contributed by atoms with van der Waals surface area (Å²) in [6.45, 7) is 0. The zero-order valence-electron chi connectivity index (χ0n) is 11.2. The molecule has 0 aromatic rings. The van der Waals surface area contributed by atoms with E-state index in [9.17, 15) is 0 Å². The van der Waals surface area contributed by atoms with Crippen LogP contribution in [0.15, 0.2) is 0 Å². The third-order valence-electron chi connectivity index (χ3n) is 4.19. The topological polar surface area (TPSA) is 6.48 Å². The van der Waals surface area contributed by atoms with E-state index in [1.165, 1.54) is 56.5 Å². The molecule has 0 saturated heterocycles. The third kappa shape index (κ3) is 4.34. The van der Waals surface area contributed by atoms with E-state index in [4.69, 9.17) is 0 Å². The van der Waals surface area contributed by atoms with Crippen molar-refractivity contribution >= 4 is 23.9 Å². The highest BCUT2D eigenvalue weighted by Crippen LogP contribution is 2.31. The van der Waals surface area contributed by atoms with Crippen molar-refractivity contribution in [1.29, 1.82) is 0 Å². The van der Waals surface area contributed by atoms with Crippen LogP contribution >= 0.6 is 23.9 Å². The molecule has 2 saturated carbocycles. The van der Waals surface area contributed by atoms with Crippen molar-refractivity contribution in [2.45, 2.75) is 63.5 Å². The lowest BCUT2D eigenvalue weighted by atomic mass is 10.3. The van der Waals surface area contributed by atoms with Gasteiger partial charge in [-0.1, -0.05) is 49.6 Å². The molecule has 17 heavy (non-hydrogen) atoms. The van der Waals surface area contributed by atoms with E-state index in [0.29, 0.717) is 0 Å². The van der Waals surface area contributed by atoms with Crippen molar-refractivity contribution in [1.82, 2.24) is 8.61 Å². The predicted molar refractivity (Wildman–Crippen MR) is 80.1 cm³/mol. The minimum absolute atomic E-state index is 0.845. The Morgan fingerprint density at radius 2 is 1.12 bits per heavy atom. The zero-order chi connectivity index (χ0) is 12.1. The van der Waals surface area contributed by atoms with Crippen molar-refractivity contribution in [3.8, 4) is 0 Å². The van der Waals surface area contributed by atoms with Gasteiger partial charge < -0.3 is 0 Å². The predicted octanol–water partition coefficient (Wildman–Crippen LogP) is 3.99. The van der Waals surface area contributed by atoms with Gasteiger partial charge in [0.1, 0.15) is 0 Å². The average Bonchev–Trinajstić information content (AvgIpc) is 3.02. The molecule has 2 nitrogen and oxygen atoms in total. The highest BCUT2D eigenvalue weighted by Gasteiger charge is 2.22. The minimum atomic E-state index is 0.845. The molecule has 2 fully saturated rings. The maximum atomic E-state index is 2.50. The lowest BCUT2D eigenvalue weighted by molar-refractivity contribution is 0.413. The summed E-state index contributed by atoms with van der Waals surface area (Å²) < 4.78 is 5.00. The van der Waals surface area contributed by atoms with Gasteiger partial charge in [-0.2, -0.15) is 0 Å². The Kier molecular flexibility index (Phi) is 6.00. The molecule has 0 N–H and O–H groups in total. The van der Waals surface area contributed by atoms with Gasteiger partial charge >= 0.3 is 0 Å². The maximum absolute atomic E-state index is 2.50. The Morgan fingerprint density at radius 1 is 0.765 bits per heavy atom. The molecule has 0 bridgehead atoms. The Hall–Kier alpha value is 0.620. The van der Waals surface area contributed by atoms with Crippen LogP contribution < -0.4 is 0 Å². The Bertz CT molecular complexity index is 191. The molecule has 2 aliphatic rings. The van der Waals surface area contributed by atoms with E-state index >= 15 is 0 Å². The molecule has 0 unspecified atom stereocenters. The number of hydrogen-bond donors (Lipinski definition) is 0. The second-order valence-corrected chi connectivity index (χ2v) is 7.96. The number of rotatable bonds is 6. The summed E-state index contributed by atoms with van der Waals surface area (Å²) in [4.78, 5) is 0. The Labute approximate surface area is 115 Å². The molecule has 0 aliphatic heterocycles. The summed E-state index contributed by atoms with van der Waals surface area (Å²) in [7, 11) is 4.55. The highest BCUT2D eigenvalue weighted by molar-refractivity contribution is 8.13. The molecular formula is C13H26N2S2. The number of nitrogens with zero attached hydrogens (tertiary/aromatic N) is 2. The first-order chi connectivity index (χ1) is 8.27. The van der Waals surface area contributed by atoms with Gasteiger partial charge in [-0.05, 0) is 39.8 Å². The fraction of sp³-hybridized carbons (Fsp3) is 1.00. The lowest BCUT2D eigenvalue weighted by Crippen LogP contribution is -2.25. The zero-order valence-corrected chi connectivity index (χ0v) is 12.9. The normalized spacial score (nSPS) is 23.3. The van der Waals surface area contributed by atoms with Crippen LogP contribution in [0.25, 0.3) is 0 Å². The van der Waals surface area contributed by atoms with E-state index in [2.05, 4.69) is 22.7 Å². The average molecular weight is 274 g/mol. The van der Waals surface area contributed by atoms with Gasteiger partial charge in [-0.25, -0.2) is 8.61 Å². The van der Waals surface area contributed by atoms with Gasteiger partial charge in [0, 0.05) is 12.1 Å². The summed E-state index contributed by atoms with van der Waals surface area (Å²) in [6.07, 6.45) is 11.4. The molecule has 2 rings (SSSR count). The van der Waals surface area contributed by atoms with Crippen LogP contribution in [0.3, 0.4) is 0 Å². The molecule has 0 heterocycles. The third-order valence-corrected chi connectivity index (χ3v) is 6.44. The van der Waals surface area contributed by atoms with Gasteiger partial charge in [0.25, 0.3) is 0 Å². The Morgan fingerprint density at radius 3 is 1.47 bits per heavy atom. The Balaban J connectivity index is 1.58. The van der Waals surface area contributed by atoms with E-state index < -0.39 is 0 Å². The first kappa shape index (κ1) is 14.0. The van der Waals surface area contributed by atoms with Crippen molar-refractivity contribution in [3.63, 3.8) is 0 Å². The molecule has 0 spiro atoms. The van der Waals surface area contributed by atoms with Crippen molar-refractivity contribution in [2.75, 3.05) is 19.2 Å². The van der Waals surface area contributed by atoms with Crippen LogP contribution in [-0.2, 0) is 0 Å². The summed E-state index contributed by atoms with van der Waals surface area (Å²) in [5, 5.41) is 1.18. The smallest absolute Gasteiger partial charge is 0.0687 e. The summed E-state index contributed by atoms with van der Waals surface area (Å²) in [5.74, 6) is 0. The molecule has 0 aromatic carbocycles. The summed E-state index contributed by atoms with van der Waals surface area (Å²) >= 11 is 4.03. The van der Waals surface area contributed by atoms with Gasteiger partial charge in [0.2, 0.25) is 0 Å². The number of hydrogen-bond acceptors (Lipinski definition) is 4.